The summed E-state index contributed by atoms with van der Waals surface area (Å²) in [4.78, 5) is 36.7. The second kappa shape index (κ2) is 7.44. The summed E-state index contributed by atoms with van der Waals surface area (Å²) in [6.45, 7) is 0. The number of benzene rings is 3. The van der Waals surface area contributed by atoms with Gasteiger partial charge in [0.05, 0.1) is 16.8 Å². The molecule has 3 N–H and O–H groups in total. The Labute approximate surface area is 165 Å². The quantitative estimate of drug-likeness (QED) is 0.522. The van der Waals surface area contributed by atoms with Gasteiger partial charge in [-0.3, -0.25) is 9.59 Å². The molecule has 0 saturated carbocycles. The molecule has 4 aromatic rings. The van der Waals surface area contributed by atoms with Crippen LogP contribution in [0.4, 0.5) is 5.69 Å². The number of rotatable bonds is 4. The average molecular weight is 384 g/mol. The van der Waals surface area contributed by atoms with Crippen molar-refractivity contribution < 1.29 is 14.0 Å². The van der Waals surface area contributed by atoms with Crippen LogP contribution in [-0.4, -0.2) is 11.8 Å². The van der Waals surface area contributed by atoms with Crippen molar-refractivity contribution in [2.45, 2.75) is 0 Å². The number of carbonyl (C=O) groups excluding carboxylic acids is 2. The number of carbonyl (C=O) groups is 2. The lowest BCUT2D eigenvalue weighted by atomic mass is 10.0. The fourth-order valence-electron chi connectivity index (χ4n) is 3.09. The molecule has 0 saturated heterocycles. The van der Waals surface area contributed by atoms with Gasteiger partial charge in [-0.15, -0.1) is 0 Å². The predicted molar refractivity (Wildman–Crippen MR) is 111 cm³/mol. The number of hydrogen-bond acceptors (Lipinski definition) is 4. The maximum Gasteiger partial charge on any atom is 0.344 e. The van der Waals surface area contributed by atoms with Gasteiger partial charge in [-0.05, 0) is 42.0 Å². The first-order chi connectivity index (χ1) is 14.0. The number of primary amides is 1. The van der Waals surface area contributed by atoms with Gasteiger partial charge < -0.3 is 15.5 Å². The zero-order chi connectivity index (χ0) is 20.4. The van der Waals surface area contributed by atoms with E-state index in [1.54, 1.807) is 60.7 Å². The third-order valence-corrected chi connectivity index (χ3v) is 4.52. The standard InChI is InChI=1S/C23H16N2O4/c24-21(26)17-9-2-3-10-19(17)25-22(27)16-8-5-7-14(12-16)18-13-15-6-1-4-11-20(15)29-23(18)28/h1-13H,(H2,24,26)(H,25,27). The van der Waals surface area contributed by atoms with E-state index in [2.05, 4.69) is 5.32 Å². The lowest BCUT2D eigenvalue weighted by molar-refractivity contribution is 0.100. The highest BCUT2D eigenvalue weighted by Gasteiger charge is 2.14. The Bertz CT molecular complexity index is 1310. The Morgan fingerprint density at radius 1 is 0.862 bits per heavy atom. The molecule has 0 radical (unpaired) electrons. The van der Waals surface area contributed by atoms with Crippen molar-refractivity contribution in [3.05, 3.63) is 100 Å². The van der Waals surface area contributed by atoms with Crippen LogP contribution in [0.25, 0.3) is 22.1 Å². The van der Waals surface area contributed by atoms with Gasteiger partial charge in [0.1, 0.15) is 5.58 Å². The highest BCUT2D eigenvalue weighted by Crippen LogP contribution is 2.23. The molecule has 6 heteroatoms. The number of para-hydroxylation sites is 2. The smallest absolute Gasteiger partial charge is 0.344 e. The maximum absolute atomic E-state index is 12.7. The molecule has 1 heterocycles. The van der Waals surface area contributed by atoms with E-state index in [4.69, 9.17) is 10.2 Å². The van der Waals surface area contributed by atoms with E-state index in [0.717, 1.165) is 5.39 Å². The van der Waals surface area contributed by atoms with Crippen molar-refractivity contribution in [1.29, 1.82) is 0 Å². The van der Waals surface area contributed by atoms with Gasteiger partial charge in [-0.1, -0.05) is 42.5 Å². The van der Waals surface area contributed by atoms with Crippen LogP contribution in [-0.2, 0) is 0 Å². The van der Waals surface area contributed by atoms with E-state index in [-0.39, 0.29) is 5.56 Å². The van der Waals surface area contributed by atoms with E-state index in [9.17, 15) is 14.4 Å². The lowest BCUT2D eigenvalue weighted by Gasteiger charge is -2.10. The number of nitrogens with two attached hydrogens (primary N) is 1. The van der Waals surface area contributed by atoms with Crippen LogP contribution in [0.2, 0.25) is 0 Å². The second-order valence-corrected chi connectivity index (χ2v) is 6.43. The van der Waals surface area contributed by atoms with Crippen molar-refractivity contribution >= 4 is 28.5 Å². The summed E-state index contributed by atoms with van der Waals surface area (Å²) in [5.74, 6) is -1.06. The van der Waals surface area contributed by atoms with Gasteiger partial charge in [0.25, 0.3) is 11.8 Å². The molecule has 4 rings (SSSR count). The SMILES string of the molecule is NC(=O)c1ccccc1NC(=O)c1cccc(-c2cc3ccccc3oc2=O)c1. The molecule has 0 aliphatic heterocycles. The van der Waals surface area contributed by atoms with Crippen LogP contribution in [0, 0.1) is 0 Å². The Hall–Kier alpha value is -4.19. The largest absolute Gasteiger partial charge is 0.422 e. The van der Waals surface area contributed by atoms with Crippen LogP contribution in [0.5, 0.6) is 0 Å². The van der Waals surface area contributed by atoms with Gasteiger partial charge in [-0.2, -0.15) is 0 Å². The van der Waals surface area contributed by atoms with Gasteiger partial charge in [0.2, 0.25) is 0 Å². The summed E-state index contributed by atoms with van der Waals surface area (Å²) in [7, 11) is 0. The first-order valence-electron chi connectivity index (χ1n) is 8.86. The molecule has 0 fully saturated rings. The van der Waals surface area contributed by atoms with E-state index in [1.165, 1.54) is 6.07 Å². The third kappa shape index (κ3) is 3.64. The first-order valence-corrected chi connectivity index (χ1v) is 8.86. The Kier molecular flexibility index (Phi) is 4.66. The number of amides is 2. The fourth-order valence-corrected chi connectivity index (χ4v) is 3.09. The molecule has 6 nitrogen and oxygen atoms in total. The van der Waals surface area contributed by atoms with Crippen LogP contribution in [0.15, 0.2) is 88.1 Å². The number of fused-ring (bicyclic) bond motifs is 1. The van der Waals surface area contributed by atoms with Crippen LogP contribution >= 0.6 is 0 Å². The highest BCUT2D eigenvalue weighted by molar-refractivity contribution is 6.09. The normalized spacial score (nSPS) is 10.6. The molecular formula is C23H16N2O4. The minimum atomic E-state index is -0.636. The number of hydrogen-bond donors (Lipinski definition) is 2. The average Bonchev–Trinajstić information content (AvgIpc) is 2.73. The molecule has 2 amide bonds. The predicted octanol–water partition coefficient (Wildman–Crippen LogP) is 3.81. The maximum atomic E-state index is 12.7. The van der Waals surface area contributed by atoms with Crippen molar-refractivity contribution in [3.8, 4) is 11.1 Å². The summed E-state index contributed by atoms with van der Waals surface area (Å²) in [5.41, 5.74) is 7.14. The molecule has 3 aromatic carbocycles. The summed E-state index contributed by atoms with van der Waals surface area (Å²) < 4.78 is 5.38. The van der Waals surface area contributed by atoms with Gasteiger partial charge in [0.15, 0.2) is 0 Å². The van der Waals surface area contributed by atoms with Gasteiger partial charge >= 0.3 is 5.63 Å². The number of anilines is 1. The minimum absolute atomic E-state index is 0.215. The van der Waals surface area contributed by atoms with E-state index >= 15 is 0 Å². The van der Waals surface area contributed by atoms with Crippen molar-refractivity contribution in [2.24, 2.45) is 5.73 Å². The second-order valence-electron chi connectivity index (χ2n) is 6.43. The van der Waals surface area contributed by atoms with Gasteiger partial charge in [0, 0.05) is 10.9 Å². The van der Waals surface area contributed by atoms with Crippen LogP contribution in [0.3, 0.4) is 0 Å². The molecule has 0 spiro atoms. The highest BCUT2D eigenvalue weighted by atomic mass is 16.4. The minimum Gasteiger partial charge on any atom is -0.422 e. The Balaban J connectivity index is 1.70. The summed E-state index contributed by atoms with van der Waals surface area (Å²) in [6, 6.07) is 22.1. The van der Waals surface area contributed by atoms with Gasteiger partial charge in [-0.25, -0.2) is 4.79 Å². The molecule has 0 aliphatic rings. The molecule has 142 valence electrons. The molecule has 29 heavy (non-hydrogen) atoms. The molecule has 0 aliphatic carbocycles. The van der Waals surface area contributed by atoms with Crippen LogP contribution in [0.1, 0.15) is 20.7 Å². The lowest BCUT2D eigenvalue weighted by Crippen LogP contribution is -2.18. The first kappa shape index (κ1) is 18.2. The summed E-state index contributed by atoms with van der Waals surface area (Å²) in [6.07, 6.45) is 0. The molecule has 1 aromatic heterocycles. The topological polar surface area (TPSA) is 102 Å². The van der Waals surface area contributed by atoms with Crippen molar-refractivity contribution in [1.82, 2.24) is 0 Å². The molecule has 0 bridgehead atoms. The Morgan fingerprint density at radius 3 is 2.45 bits per heavy atom. The van der Waals surface area contributed by atoms with Crippen molar-refractivity contribution in [3.63, 3.8) is 0 Å². The Morgan fingerprint density at radius 2 is 1.62 bits per heavy atom. The van der Waals surface area contributed by atoms with E-state index in [0.29, 0.717) is 28.0 Å². The van der Waals surface area contributed by atoms with E-state index < -0.39 is 17.4 Å². The summed E-state index contributed by atoms with van der Waals surface area (Å²) >= 11 is 0. The monoisotopic (exact) mass is 384 g/mol. The third-order valence-electron chi connectivity index (χ3n) is 4.52. The zero-order valence-electron chi connectivity index (χ0n) is 15.2. The fraction of sp³-hybridized carbons (Fsp3) is 0. The summed E-state index contributed by atoms with van der Waals surface area (Å²) in [5, 5.41) is 3.47. The zero-order valence-corrected chi connectivity index (χ0v) is 15.2. The van der Waals surface area contributed by atoms with E-state index in [1.807, 2.05) is 12.1 Å². The van der Waals surface area contributed by atoms with Crippen molar-refractivity contribution in [2.75, 3.05) is 5.32 Å². The molecule has 0 atom stereocenters. The molecule has 0 unspecified atom stereocenters. The number of nitrogens with one attached hydrogen (secondary N) is 1. The van der Waals surface area contributed by atoms with Crippen LogP contribution < -0.4 is 16.7 Å². The molecular weight excluding hydrogens is 368 g/mol.